The molecule has 1 unspecified atom stereocenters. The van der Waals surface area contributed by atoms with E-state index in [9.17, 15) is 19.8 Å². The van der Waals surface area contributed by atoms with Gasteiger partial charge in [-0.05, 0) is 29.8 Å². The molecule has 0 aliphatic carbocycles. The van der Waals surface area contributed by atoms with Crippen molar-refractivity contribution in [2.45, 2.75) is 18.1 Å². The number of nitrogen functional groups attached to an aromatic ring is 1. The van der Waals surface area contributed by atoms with E-state index in [0.717, 1.165) is 0 Å². The fraction of sp³-hybridized carbons (Fsp3) is 0.241. The third-order valence-electron chi connectivity index (χ3n) is 7.30. The van der Waals surface area contributed by atoms with Crippen molar-refractivity contribution in [3.05, 3.63) is 78.1 Å². The maximum atomic E-state index is 13.9. The molecule has 2 aromatic carbocycles. The number of rotatable bonds is 9. The van der Waals surface area contributed by atoms with Crippen LogP contribution < -0.4 is 20.7 Å². The highest BCUT2D eigenvalue weighted by Crippen LogP contribution is 2.29. The molecule has 0 bridgehead atoms. The molecule has 226 valence electrons. The summed E-state index contributed by atoms with van der Waals surface area (Å²) < 4.78 is 17.8. The molecule has 15 nitrogen and oxygen atoms in total. The van der Waals surface area contributed by atoms with Gasteiger partial charge in [0.25, 0.3) is 11.8 Å². The quantitative estimate of drug-likeness (QED) is 0.189. The molecule has 44 heavy (non-hydrogen) atoms. The van der Waals surface area contributed by atoms with E-state index in [-0.39, 0.29) is 36.7 Å². The third-order valence-corrected chi connectivity index (χ3v) is 7.30. The van der Waals surface area contributed by atoms with Gasteiger partial charge in [0.05, 0.1) is 49.6 Å². The lowest BCUT2D eigenvalue weighted by molar-refractivity contribution is -0.157. The monoisotopic (exact) mass is 600 g/mol. The zero-order valence-electron chi connectivity index (χ0n) is 23.5. The smallest absolute Gasteiger partial charge is 0.260 e. The molecule has 15 heteroatoms. The second-order valence-corrected chi connectivity index (χ2v) is 10.2. The number of carbonyl (C=O) groups is 2. The minimum Gasteiger partial charge on any atom is -0.507 e. The van der Waals surface area contributed by atoms with Crippen molar-refractivity contribution >= 4 is 34.4 Å². The predicted octanol–water partition coefficient (Wildman–Crippen LogP) is 1.24. The zero-order valence-corrected chi connectivity index (χ0v) is 23.5. The maximum Gasteiger partial charge on any atom is 0.260 e. The van der Waals surface area contributed by atoms with E-state index in [0.29, 0.717) is 33.9 Å². The molecule has 2 atom stereocenters. The molecule has 2 amide bonds. The Balaban J connectivity index is 1.29. The van der Waals surface area contributed by atoms with E-state index >= 15 is 0 Å². The molecule has 4 heterocycles. The Morgan fingerprint density at radius 2 is 2.07 bits per heavy atom. The molecule has 0 radical (unpaired) electrons. The van der Waals surface area contributed by atoms with Crippen LogP contribution in [0.15, 0.2) is 71.5 Å². The molecule has 1 aliphatic heterocycles. The summed E-state index contributed by atoms with van der Waals surface area (Å²) in [7, 11) is 1.47. The molecular formula is C29H28N8O7. The van der Waals surface area contributed by atoms with Crippen LogP contribution in [0.5, 0.6) is 11.6 Å². The number of fused-ring (bicyclic) bond motifs is 1. The van der Waals surface area contributed by atoms with Gasteiger partial charge in [-0.3, -0.25) is 14.5 Å². The third kappa shape index (κ3) is 5.48. The zero-order chi connectivity index (χ0) is 30.8. The lowest BCUT2D eigenvalue weighted by Gasteiger charge is -2.40. The summed E-state index contributed by atoms with van der Waals surface area (Å²) in [5.41, 5.74) is 5.45. The number of carbonyl (C=O) groups excluding carboxylic acids is 2. The van der Waals surface area contributed by atoms with E-state index in [2.05, 4.69) is 25.8 Å². The summed E-state index contributed by atoms with van der Waals surface area (Å²) in [4.78, 5) is 28.3. The number of phenols is 1. The molecule has 1 saturated heterocycles. The van der Waals surface area contributed by atoms with Crippen molar-refractivity contribution in [1.29, 1.82) is 0 Å². The first-order valence-corrected chi connectivity index (χ1v) is 13.5. The number of morpholine rings is 1. The van der Waals surface area contributed by atoms with Gasteiger partial charge in [-0.15, -0.1) is 10.2 Å². The van der Waals surface area contributed by atoms with Crippen LogP contribution in [0.3, 0.4) is 0 Å². The van der Waals surface area contributed by atoms with Gasteiger partial charge in [-0.25, -0.2) is 4.68 Å². The Bertz CT molecular complexity index is 1840. The summed E-state index contributed by atoms with van der Waals surface area (Å²) in [5.74, 6) is -0.590. The lowest BCUT2D eigenvalue weighted by atomic mass is 9.86. The summed E-state index contributed by atoms with van der Waals surface area (Å²) in [6, 6.07) is 14.4. The van der Waals surface area contributed by atoms with Crippen LogP contribution in [0, 0.1) is 0 Å². The van der Waals surface area contributed by atoms with Crippen molar-refractivity contribution in [2.24, 2.45) is 0 Å². The van der Waals surface area contributed by atoms with Crippen LogP contribution in [0.25, 0.3) is 16.7 Å². The number of hydrogen-bond acceptors (Lipinski definition) is 12. The number of anilines is 2. The molecule has 1 fully saturated rings. The number of benzene rings is 2. The van der Waals surface area contributed by atoms with Gasteiger partial charge in [0.1, 0.15) is 11.4 Å². The van der Waals surface area contributed by atoms with E-state index in [1.807, 2.05) is 0 Å². The molecule has 0 spiro atoms. The summed E-state index contributed by atoms with van der Waals surface area (Å²) in [5, 5.41) is 41.6. The van der Waals surface area contributed by atoms with E-state index in [1.165, 1.54) is 35.0 Å². The van der Waals surface area contributed by atoms with E-state index in [4.69, 9.17) is 19.7 Å². The van der Waals surface area contributed by atoms with Crippen LogP contribution in [-0.2, 0) is 16.0 Å². The molecule has 5 N–H and O–H groups in total. The highest BCUT2D eigenvalue weighted by atomic mass is 16.5. The molecule has 5 aromatic rings. The Morgan fingerprint density at radius 1 is 1.23 bits per heavy atom. The predicted molar refractivity (Wildman–Crippen MR) is 155 cm³/mol. The first kappa shape index (κ1) is 28.6. The summed E-state index contributed by atoms with van der Waals surface area (Å²) in [6.07, 6.45) is 1.63. The summed E-state index contributed by atoms with van der Waals surface area (Å²) in [6.45, 7) is -0.132. The number of aliphatic hydroxyl groups is 1. The van der Waals surface area contributed by atoms with Gasteiger partial charge < -0.3 is 35.3 Å². The average Bonchev–Trinajstić information content (AvgIpc) is 3.67. The normalized spacial score (nSPS) is 16.5. The SMILES string of the molecule is COc1cc(-n2ccc(N3CCO[C@H](C(O)(CNC(=O)c4ccccc4O)Cc4ccc5c(N)noc5c4)C3=O)n2)cnn1. The van der Waals surface area contributed by atoms with Crippen molar-refractivity contribution in [3.63, 3.8) is 0 Å². The van der Waals surface area contributed by atoms with Gasteiger partial charge >= 0.3 is 0 Å². The lowest BCUT2D eigenvalue weighted by Crippen LogP contribution is -2.63. The number of nitrogens with one attached hydrogen (secondary N) is 1. The maximum absolute atomic E-state index is 13.9. The Hall–Kier alpha value is -5.54. The number of aromatic hydroxyl groups is 1. The fourth-order valence-electron chi connectivity index (χ4n) is 5.07. The number of aromatic nitrogens is 5. The molecule has 3 aromatic heterocycles. The number of methoxy groups -OCH3 is 1. The van der Waals surface area contributed by atoms with Crippen molar-refractivity contribution in [1.82, 2.24) is 30.5 Å². The van der Waals surface area contributed by atoms with Crippen LogP contribution in [0.1, 0.15) is 15.9 Å². The van der Waals surface area contributed by atoms with Crippen LogP contribution in [-0.4, -0.2) is 85.7 Å². The van der Waals surface area contributed by atoms with Crippen LogP contribution in [0.2, 0.25) is 0 Å². The minimum atomic E-state index is -1.94. The highest BCUT2D eigenvalue weighted by molar-refractivity contribution is 5.98. The second-order valence-electron chi connectivity index (χ2n) is 10.2. The van der Waals surface area contributed by atoms with Crippen LogP contribution >= 0.6 is 0 Å². The summed E-state index contributed by atoms with van der Waals surface area (Å²) >= 11 is 0. The Morgan fingerprint density at radius 3 is 2.89 bits per heavy atom. The average molecular weight is 601 g/mol. The standard InChI is InChI=1S/C29H28N8O7/c1-42-24-13-18(15-32-33-24)37-9-8-23(34-37)36-10-11-43-25(28(36)40)29(41,16-31-27(39)19-4-2-3-5-21(19)38)14-17-6-7-20-22(12-17)44-35-26(20)30/h2-9,12-13,15,25,38,41H,10-11,14,16H2,1H3,(H2,30,35)(H,31,39)/t25-,29?/m0/s1. The topological polar surface area (TPSA) is 204 Å². The first-order valence-electron chi connectivity index (χ1n) is 13.5. The van der Waals surface area contributed by atoms with Crippen molar-refractivity contribution in [3.8, 4) is 17.3 Å². The number of hydrogen-bond donors (Lipinski definition) is 4. The van der Waals surface area contributed by atoms with Gasteiger partial charge in [0.2, 0.25) is 5.88 Å². The minimum absolute atomic E-state index is 0.0127. The van der Waals surface area contributed by atoms with Gasteiger partial charge in [0.15, 0.2) is 23.3 Å². The highest BCUT2D eigenvalue weighted by Gasteiger charge is 2.47. The molecule has 1 aliphatic rings. The van der Waals surface area contributed by atoms with Crippen molar-refractivity contribution < 1.29 is 33.8 Å². The van der Waals surface area contributed by atoms with Crippen LogP contribution in [0.4, 0.5) is 11.6 Å². The second kappa shape index (κ2) is 11.6. The Labute approximate surface area is 249 Å². The number of phenolic OH excluding ortho intramolecular Hbond substituents is 1. The van der Waals surface area contributed by atoms with Gasteiger partial charge in [-0.2, -0.15) is 5.10 Å². The number of nitrogens with two attached hydrogens (primary N) is 1. The van der Waals surface area contributed by atoms with Crippen molar-refractivity contribution in [2.75, 3.05) is 37.4 Å². The van der Waals surface area contributed by atoms with E-state index in [1.54, 1.807) is 48.7 Å². The number of amides is 2. The number of ether oxygens (including phenoxy) is 2. The molecular weight excluding hydrogens is 572 g/mol. The number of para-hydroxylation sites is 1. The van der Waals surface area contributed by atoms with Gasteiger partial charge in [0, 0.05) is 24.8 Å². The molecule has 6 rings (SSSR count). The first-order chi connectivity index (χ1) is 21.3. The Kier molecular flexibility index (Phi) is 7.55. The van der Waals surface area contributed by atoms with Gasteiger partial charge in [-0.1, -0.05) is 23.4 Å². The fourth-order valence-corrected chi connectivity index (χ4v) is 5.07. The number of nitrogens with zero attached hydrogens (tertiary/aromatic N) is 6. The molecule has 0 saturated carbocycles. The van der Waals surface area contributed by atoms with E-state index < -0.39 is 30.1 Å². The largest absolute Gasteiger partial charge is 0.507 e.